The highest BCUT2D eigenvalue weighted by Crippen LogP contribution is 2.11. The number of benzene rings is 1. The number of hydrogen-bond acceptors (Lipinski definition) is 5. The van der Waals surface area contributed by atoms with E-state index in [0.29, 0.717) is 6.42 Å². The summed E-state index contributed by atoms with van der Waals surface area (Å²) in [5.74, 6) is -1.50. The highest BCUT2D eigenvalue weighted by atomic mass is 16.7. The van der Waals surface area contributed by atoms with E-state index in [2.05, 4.69) is 0 Å². The van der Waals surface area contributed by atoms with E-state index >= 15 is 0 Å². The number of carboxylic acids is 1. The SMILES string of the molecule is CC(OC(=O)CCCCCCCCCCC(=O)O)OC(=O)Cc1ccccc1. The first-order valence-corrected chi connectivity index (χ1v) is 10.1. The summed E-state index contributed by atoms with van der Waals surface area (Å²) in [6.07, 6.45) is 7.54. The maximum Gasteiger partial charge on any atom is 0.313 e. The maximum atomic E-state index is 11.8. The predicted octanol–water partition coefficient (Wildman–Crippen LogP) is 4.65. The van der Waals surface area contributed by atoms with Gasteiger partial charge in [0.05, 0.1) is 6.42 Å². The van der Waals surface area contributed by atoms with E-state index in [9.17, 15) is 14.4 Å². The zero-order valence-electron chi connectivity index (χ0n) is 16.7. The summed E-state index contributed by atoms with van der Waals surface area (Å²) in [4.78, 5) is 34.0. The van der Waals surface area contributed by atoms with Crippen molar-refractivity contribution >= 4 is 17.9 Å². The maximum absolute atomic E-state index is 11.8. The van der Waals surface area contributed by atoms with Crippen LogP contribution in [0.25, 0.3) is 0 Å². The largest absolute Gasteiger partial charge is 0.481 e. The van der Waals surface area contributed by atoms with Gasteiger partial charge < -0.3 is 14.6 Å². The van der Waals surface area contributed by atoms with Crippen molar-refractivity contribution in [3.05, 3.63) is 35.9 Å². The van der Waals surface area contributed by atoms with Crippen LogP contribution in [0, 0.1) is 0 Å². The first-order valence-electron chi connectivity index (χ1n) is 10.1. The molecule has 1 aromatic rings. The molecule has 0 radical (unpaired) electrons. The third kappa shape index (κ3) is 12.9. The van der Waals surface area contributed by atoms with Crippen LogP contribution in [-0.2, 0) is 30.3 Å². The van der Waals surface area contributed by atoms with Crippen LogP contribution in [0.3, 0.4) is 0 Å². The molecular weight excluding hydrogens is 360 g/mol. The molecule has 6 heteroatoms. The van der Waals surface area contributed by atoms with Gasteiger partial charge in [-0.25, -0.2) is 0 Å². The van der Waals surface area contributed by atoms with Crippen molar-refractivity contribution in [2.24, 2.45) is 0 Å². The van der Waals surface area contributed by atoms with Crippen molar-refractivity contribution in [1.82, 2.24) is 0 Å². The lowest BCUT2D eigenvalue weighted by molar-refractivity contribution is -0.184. The van der Waals surface area contributed by atoms with Crippen LogP contribution in [0.5, 0.6) is 0 Å². The second-order valence-corrected chi connectivity index (χ2v) is 6.93. The zero-order chi connectivity index (χ0) is 20.6. The third-order valence-electron chi connectivity index (χ3n) is 4.31. The van der Waals surface area contributed by atoms with Crippen LogP contribution in [0.1, 0.15) is 76.7 Å². The van der Waals surface area contributed by atoms with Gasteiger partial charge in [0.1, 0.15) is 0 Å². The van der Waals surface area contributed by atoms with Crippen LogP contribution in [0.2, 0.25) is 0 Å². The standard InChI is InChI=1S/C22H32O6/c1-18(28-22(26)17-19-13-9-8-10-14-19)27-21(25)16-12-7-5-3-2-4-6-11-15-20(23)24/h8-10,13-14,18H,2-7,11-12,15-17H2,1H3,(H,23,24). The quantitative estimate of drug-likeness (QED) is 0.265. The summed E-state index contributed by atoms with van der Waals surface area (Å²) in [5, 5.41) is 8.55. The highest BCUT2D eigenvalue weighted by molar-refractivity contribution is 5.73. The molecule has 1 rings (SSSR count). The lowest BCUT2D eigenvalue weighted by Gasteiger charge is -2.14. The molecule has 1 N–H and O–H groups in total. The van der Waals surface area contributed by atoms with Gasteiger partial charge >= 0.3 is 17.9 Å². The summed E-state index contributed by atoms with van der Waals surface area (Å²) in [6, 6.07) is 9.26. The van der Waals surface area contributed by atoms with E-state index in [4.69, 9.17) is 14.6 Å². The zero-order valence-corrected chi connectivity index (χ0v) is 16.7. The van der Waals surface area contributed by atoms with E-state index < -0.39 is 18.2 Å². The van der Waals surface area contributed by atoms with E-state index in [1.807, 2.05) is 30.3 Å². The Morgan fingerprint density at radius 1 is 0.786 bits per heavy atom. The van der Waals surface area contributed by atoms with Crippen molar-refractivity contribution < 1.29 is 29.0 Å². The van der Waals surface area contributed by atoms with Gasteiger partial charge in [0, 0.05) is 19.8 Å². The normalized spacial score (nSPS) is 11.6. The van der Waals surface area contributed by atoms with Gasteiger partial charge in [-0.1, -0.05) is 68.9 Å². The third-order valence-corrected chi connectivity index (χ3v) is 4.31. The molecule has 0 saturated heterocycles. The molecule has 0 amide bonds. The average molecular weight is 392 g/mol. The molecule has 1 unspecified atom stereocenters. The topological polar surface area (TPSA) is 89.9 Å². The Kier molecular flexibility index (Phi) is 12.4. The number of aliphatic carboxylic acids is 1. The molecule has 0 aliphatic rings. The number of carbonyl (C=O) groups excluding carboxylic acids is 2. The van der Waals surface area contributed by atoms with Crippen molar-refractivity contribution in [2.75, 3.05) is 0 Å². The fraction of sp³-hybridized carbons (Fsp3) is 0.591. The molecule has 0 fully saturated rings. The molecule has 1 aromatic carbocycles. The van der Waals surface area contributed by atoms with Gasteiger partial charge in [0.2, 0.25) is 6.29 Å². The second-order valence-electron chi connectivity index (χ2n) is 6.93. The van der Waals surface area contributed by atoms with Gasteiger partial charge in [-0.15, -0.1) is 0 Å². The number of esters is 2. The Labute approximate surface area is 167 Å². The van der Waals surface area contributed by atoms with Crippen LogP contribution in [0.4, 0.5) is 0 Å². The number of unbranched alkanes of at least 4 members (excludes halogenated alkanes) is 7. The monoisotopic (exact) mass is 392 g/mol. The first kappa shape index (κ1) is 23.7. The molecule has 0 aliphatic heterocycles. The fourth-order valence-electron chi connectivity index (χ4n) is 2.86. The number of hydrogen-bond donors (Lipinski definition) is 1. The molecule has 0 heterocycles. The molecule has 0 spiro atoms. The predicted molar refractivity (Wildman–Crippen MR) is 106 cm³/mol. The summed E-state index contributed by atoms with van der Waals surface area (Å²) < 4.78 is 10.2. The van der Waals surface area contributed by atoms with Crippen LogP contribution in [0.15, 0.2) is 30.3 Å². The molecule has 1 atom stereocenters. The highest BCUT2D eigenvalue weighted by Gasteiger charge is 2.14. The number of carboxylic acid groups (broad SMARTS) is 1. The Morgan fingerprint density at radius 2 is 1.29 bits per heavy atom. The summed E-state index contributed by atoms with van der Waals surface area (Å²) in [5.41, 5.74) is 0.855. The van der Waals surface area contributed by atoms with Crippen LogP contribution in [-0.4, -0.2) is 29.3 Å². The van der Waals surface area contributed by atoms with E-state index in [1.54, 1.807) is 6.92 Å². The lowest BCUT2D eigenvalue weighted by Crippen LogP contribution is -2.22. The Bertz CT molecular complexity index is 584. The van der Waals surface area contributed by atoms with Crippen molar-refractivity contribution in [2.45, 2.75) is 83.8 Å². The van der Waals surface area contributed by atoms with E-state index in [1.165, 1.54) is 0 Å². The van der Waals surface area contributed by atoms with E-state index in [0.717, 1.165) is 56.9 Å². The minimum absolute atomic E-state index is 0.152. The van der Waals surface area contributed by atoms with Crippen LogP contribution < -0.4 is 0 Å². The van der Waals surface area contributed by atoms with Crippen LogP contribution >= 0.6 is 0 Å². The van der Waals surface area contributed by atoms with Gasteiger partial charge in [0.15, 0.2) is 0 Å². The lowest BCUT2D eigenvalue weighted by atomic mass is 10.1. The molecule has 28 heavy (non-hydrogen) atoms. The fourth-order valence-corrected chi connectivity index (χ4v) is 2.86. The van der Waals surface area contributed by atoms with E-state index in [-0.39, 0.29) is 18.8 Å². The number of carbonyl (C=O) groups is 3. The molecule has 0 saturated carbocycles. The van der Waals surface area contributed by atoms with Gasteiger partial charge in [0.25, 0.3) is 0 Å². The first-order chi connectivity index (χ1) is 13.5. The Hall–Kier alpha value is -2.37. The average Bonchev–Trinajstić information content (AvgIpc) is 2.63. The molecular formula is C22H32O6. The minimum Gasteiger partial charge on any atom is -0.481 e. The summed E-state index contributed by atoms with van der Waals surface area (Å²) in [7, 11) is 0. The van der Waals surface area contributed by atoms with Gasteiger partial charge in [-0.2, -0.15) is 0 Å². The number of ether oxygens (including phenoxy) is 2. The molecule has 0 bridgehead atoms. The van der Waals surface area contributed by atoms with Crippen molar-refractivity contribution in [3.8, 4) is 0 Å². The number of rotatable bonds is 15. The molecule has 6 nitrogen and oxygen atoms in total. The van der Waals surface area contributed by atoms with Crippen molar-refractivity contribution in [3.63, 3.8) is 0 Å². The molecule has 156 valence electrons. The smallest absolute Gasteiger partial charge is 0.313 e. The summed E-state index contributed by atoms with van der Waals surface area (Å²) in [6.45, 7) is 1.55. The molecule has 0 aromatic heterocycles. The Morgan fingerprint density at radius 3 is 1.86 bits per heavy atom. The second kappa shape index (κ2) is 14.7. The van der Waals surface area contributed by atoms with Gasteiger partial charge in [-0.3, -0.25) is 14.4 Å². The van der Waals surface area contributed by atoms with Gasteiger partial charge in [-0.05, 0) is 18.4 Å². The summed E-state index contributed by atoms with van der Waals surface area (Å²) >= 11 is 0. The Balaban J connectivity index is 1.99. The molecule has 0 aliphatic carbocycles. The van der Waals surface area contributed by atoms with Crippen molar-refractivity contribution in [1.29, 1.82) is 0 Å². The minimum atomic E-state index is -0.880.